The van der Waals surface area contributed by atoms with E-state index in [9.17, 15) is 13.2 Å². The molecule has 2 rings (SSSR count). The van der Waals surface area contributed by atoms with Crippen LogP contribution in [0.2, 0.25) is 5.02 Å². The summed E-state index contributed by atoms with van der Waals surface area (Å²) in [5.74, 6) is 0.139. The first kappa shape index (κ1) is 10.7. The van der Waals surface area contributed by atoms with Crippen molar-refractivity contribution in [1.29, 1.82) is 0 Å². The highest BCUT2D eigenvalue weighted by Crippen LogP contribution is 2.33. The van der Waals surface area contributed by atoms with Crippen molar-refractivity contribution in [1.82, 2.24) is 10.3 Å². The molecule has 1 aromatic rings. The molecule has 0 aromatic carbocycles. The smallest absolute Gasteiger partial charge is 0.315 e. The van der Waals surface area contributed by atoms with Crippen molar-refractivity contribution in [2.75, 3.05) is 13.1 Å². The van der Waals surface area contributed by atoms with Crippen LogP contribution in [0.5, 0.6) is 0 Å². The number of hydrogen-bond donors (Lipinski definition) is 1. The van der Waals surface area contributed by atoms with Gasteiger partial charge in [0, 0.05) is 25.2 Å². The van der Waals surface area contributed by atoms with Gasteiger partial charge in [-0.1, -0.05) is 11.6 Å². The molecule has 1 saturated heterocycles. The summed E-state index contributed by atoms with van der Waals surface area (Å²) in [6.07, 6.45) is -3.55. The van der Waals surface area contributed by atoms with Gasteiger partial charge in [0.15, 0.2) is 0 Å². The normalized spacial score (nSPS) is 17.6. The summed E-state index contributed by atoms with van der Waals surface area (Å²) in [5.41, 5.74) is -0.257. The number of aromatic nitrogens is 1. The largest absolute Gasteiger partial charge is 0.417 e. The molecule has 15 heavy (non-hydrogen) atoms. The van der Waals surface area contributed by atoms with Crippen molar-refractivity contribution in [2.24, 2.45) is 0 Å². The number of nitrogens with zero attached hydrogens (tertiary/aromatic N) is 1. The van der Waals surface area contributed by atoms with Crippen LogP contribution in [0.4, 0.5) is 13.2 Å². The lowest BCUT2D eigenvalue weighted by molar-refractivity contribution is -0.137. The van der Waals surface area contributed by atoms with E-state index >= 15 is 0 Å². The molecular formula is C9H8ClF3N2. The molecule has 2 heterocycles. The van der Waals surface area contributed by atoms with E-state index in [1.165, 1.54) is 0 Å². The Morgan fingerprint density at radius 1 is 1.40 bits per heavy atom. The van der Waals surface area contributed by atoms with Crippen LogP contribution < -0.4 is 5.32 Å². The van der Waals surface area contributed by atoms with Crippen LogP contribution in [-0.4, -0.2) is 18.1 Å². The van der Waals surface area contributed by atoms with E-state index in [2.05, 4.69) is 10.3 Å². The van der Waals surface area contributed by atoms with E-state index in [1.54, 1.807) is 0 Å². The molecule has 1 aliphatic heterocycles. The second-order valence-electron chi connectivity index (χ2n) is 3.44. The van der Waals surface area contributed by atoms with Gasteiger partial charge >= 0.3 is 6.18 Å². The van der Waals surface area contributed by atoms with Gasteiger partial charge < -0.3 is 5.32 Å². The molecule has 0 bridgehead atoms. The van der Waals surface area contributed by atoms with E-state index in [-0.39, 0.29) is 10.9 Å². The molecule has 0 spiro atoms. The van der Waals surface area contributed by atoms with Gasteiger partial charge in [-0.2, -0.15) is 13.2 Å². The third-order valence-electron chi connectivity index (χ3n) is 2.37. The zero-order valence-electron chi connectivity index (χ0n) is 7.61. The molecule has 2 nitrogen and oxygen atoms in total. The van der Waals surface area contributed by atoms with E-state index in [1.807, 2.05) is 0 Å². The van der Waals surface area contributed by atoms with Gasteiger partial charge in [0.25, 0.3) is 0 Å². The summed E-state index contributed by atoms with van der Waals surface area (Å²) >= 11 is 5.75. The Morgan fingerprint density at radius 2 is 2.07 bits per heavy atom. The average Bonchev–Trinajstić information content (AvgIpc) is 2.03. The van der Waals surface area contributed by atoms with Crippen LogP contribution in [-0.2, 0) is 6.18 Å². The molecule has 0 amide bonds. The predicted octanol–water partition coefficient (Wildman–Crippen LogP) is 2.44. The molecular weight excluding hydrogens is 229 g/mol. The number of alkyl halides is 3. The van der Waals surface area contributed by atoms with Gasteiger partial charge in [-0.05, 0) is 6.07 Å². The van der Waals surface area contributed by atoms with Crippen molar-refractivity contribution in [3.63, 3.8) is 0 Å². The topological polar surface area (TPSA) is 24.9 Å². The lowest BCUT2D eigenvalue weighted by Crippen LogP contribution is -2.40. The SMILES string of the molecule is FC(F)(F)c1cnc(C2CNC2)c(Cl)c1. The van der Waals surface area contributed by atoms with Gasteiger partial charge in [-0.3, -0.25) is 4.98 Å². The van der Waals surface area contributed by atoms with Crippen LogP contribution in [0.1, 0.15) is 17.2 Å². The minimum Gasteiger partial charge on any atom is -0.315 e. The molecule has 1 N–H and O–H groups in total. The molecule has 82 valence electrons. The maximum atomic E-state index is 12.3. The lowest BCUT2D eigenvalue weighted by atomic mass is 9.98. The minimum atomic E-state index is -4.38. The first-order valence-electron chi connectivity index (χ1n) is 4.42. The van der Waals surface area contributed by atoms with Crippen LogP contribution in [0.15, 0.2) is 12.3 Å². The summed E-state index contributed by atoms with van der Waals surface area (Å²) in [7, 11) is 0. The van der Waals surface area contributed by atoms with Crippen LogP contribution in [0.3, 0.4) is 0 Å². The molecule has 0 unspecified atom stereocenters. The third kappa shape index (κ3) is 2.08. The van der Waals surface area contributed by atoms with Gasteiger partial charge in [0.2, 0.25) is 0 Å². The summed E-state index contributed by atoms with van der Waals surface area (Å²) in [4.78, 5) is 3.77. The van der Waals surface area contributed by atoms with Crippen molar-refractivity contribution in [2.45, 2.75) is 12.1 Å². The number of rotatable bonds is 1. The monoisotopic (exact) mass is 236 g/mol. The highest BCUT2D eigenvalue weighted by Gasteiger charge is 2.32. The highest BCUT2D eigenvalue weighted by atomic mass is 35.5. The van der Waals surface area contributed by atoms with Crippen molar-refractivity contribution in [3.05, 3.63) is 28.5 Å². The Morgan fingerprint density at radius 3 is 2.47 bits per heavy atom. The number of pyridine rings is 1. The molecule has 6 heteroatoms. The van der Waals surface area contributed by atoms with Crippen molar-refractivity contribution >= 4 is 11.6 Å². The van der Waals surface area contributed by atoms with Crippen molar-refractivity contribution in [3.8, 4) is 0 Å². The lowest BCUT2D eigenvalue weighted by Gasteiger charge is -2.27. The average molecular weight is 237 g/mol. The van der Waals surface area contributed by atoms with E-state index in [4.69, 9.17) is 11.6 Å². The zero-order chi connectivity index (χ0) is 11.1. The standard InChI is InChI=1S/C9H8ClF3N2/c10-7-1-6(9(11,12)13)4-15-8(7)5-2-14-3-5/h1,4-5,14H,2-3H2. The maximum absolute atomic E-state index is 12.3. The van der Waals surface area contributed by atoms with Crippen LogP contribution in [0, 0.1) is 0 Å². The molecule has 1 aromatic heterocycles. The fourth-order valence-electron chi connectivity index (χ4n) is 1.39. The molecule has 0 saturated carbocycles. The second-order valence-corrected chi connectivity index (χ2v) is 3.85. The van der Waals surface area contributed by atoms with E-state index in [0.717, 1.165) is 25.4 Å². The minimum absolute atomic E-state index is 0.0938. The number of nitrogens with one attached hydrogen (secondary N) is 1. The van der Waals surface area contributed by atoms with E-state index < -0.39 is 11.7 Å². The predicted molar refractivity (Wildman–Crippen MR) is 49.9 cm³/mol. The Hall–Kier alpha value is -0.810. The summed E-state index contributed by atoms with van der Waals surface area (Å²) in [6.45, 7) is 1.44. The molecule has 0 radical (unpaired) electrons. The van der Waals surface area contributed by atoms with Gasteiger partial charge in [0.1, 0.15) is 0 Å². The summed E-state index contributed by atoms with van der Waals surface area (Å²) < 4.78 is 36.9. The Kier molecular flexibility index (Phi) is 2.60. The van der Waals surface area contributed by atoms with Gasteiger partial charge in [-0.15, -0.1) is 0 Å². The molecule has 0 atom stereocenters. The Bertz CT molecular complexity index is 374. The first-order valence-corrected chi connectivity index (χ1v) is 4.79. The maximum Gasteiger partial charge on any atom is 0.417 e. The fraction of sp³-hybridized carbons (Fsp3) is 0.444. The fourth-order valence-corrected chi connectivity index (χ4v) is 1.71. The number of halogens is 4. The quantitative estimate of drug-likeness (QED) is 0.810. The summed E-state index contributed by atoms with van der Waals surface area (Å²) in [6, 6.07) is 0.933. The van der Waals surface area contributed by atoms with E-state index in [0.29, 0.717) is 5.69 Å². The molecule has 1 aliphatic rings. The zero-order valence-corrected chi connectivity index (χ0v) is 8.36. The van der Waals surface area contributed by atoms with Gasteiger partial charge in [-0.25, -0.2) is 0 Å². The van der Waals surface area contributed by atoms with Crippen molar-refractivity contribution < 1.29 is 13.2 Å². The number of hydrogen-bond acceptors (Lipinski definition) is 2. The first-order chi connectivity index (χ1) is 6.98. The van der Waals surface area contributed by atoms with Gasteiger partial charge in [0.05, 0.1) is 16.3 Å². The molecule has 1 fully saturated rings. The van der Waals surface area contributed by atoms with Crippen LogP contribution >= 0.6 is 11.6 Å². The summed E-state index contributed by atoms with van der Waals surface area (Å²) in [5, 5.41) is 3.10. The highest BCUT2D eigenvalue weighted by molar-refractivity contribution is 6.31. The van der Waals surface area contributed by atoms with Crippen LogP contribution in [0.25, 0.3) is 0 Å². The third-order valence-corrected chi connectivity index (χ3v) is 2.67. The second kappa shape index (κ2) is 3.64. The Balaban J connectivity index is 2.30. The molecule has 0 aliphatic carbocycles. The Labute approximate surface area is 89.5 Å².